The molecule has 0 aliphatic carbocycles. The van der Waals surface area contributed by atoms with Crippen LogP contribution < -0.4 is 4.90 Å². The topological polar surface area (TPSA) is 3.24 Å². The van der Waals surface area contributed by atoms with Gasteiger partial charge in [0.2, 0.25) is 0 Å². The van der Waals surface area contributed by atoms with E-state index in [1.54, 1.807) is 18.0 Å². The Kier molecular flexibility index (Phi) is 4.69. The second-order valence-corrected chi connectivity index (χ2v) is 4.30. The molecule has 0 saturated carbocycles. The summed E-state index contributed by atoms with van der Waals surface area (Å²) < 4.78 is 36.3. The number of aryl methyl sites for hydroxylation is 1. The smallest absolute Gasteiger partial charge is 0.374 e. The molecule has 0 aliphatic heterocycles. The first kappa shape index (κ1) is 14.2. The minimum absolute atomic E-state index is 0.0385. The van der Waals surface area contributed by atoms with Crippen molar-refractivity contribution in [3.05, 3.63) is 29.3 Å². The number of benzene rings is 1. The summed E-state index contributed by atoms with van der Waals surface area (Å²) in [6.45, 7) is 1.86. The average molecular weight is 266 g/mol. The number of nitrogens with zero attached hydrogens (tertiary/aromatic N) is 1. The molecular weight excluding hydrogens is 251 g/mol. The molecule has 0 spiro atoms. The third-order valence-corrected chi connectivity index (χ3v) is 2.93. The van der Waals surface area contributed by atoms with Crippen molar-refractivity contribution in [2.45, 2.75) is 25.4 Å². The zero-order chi connectivity index (χ0) is 13.1. The lowest BCUT2D eigenvalue weighted by Gasteiger charge is -2.21. The quantitative estimate of drug-likeness (QED) is 0.740. The minimum atomic E-state index is -4.11. The number of halogens is 4. The molecule has 5 heteroatoms. The highest BCUT2D eigenvalue weighted by Gasteiger charge is 2.27. The Labute approximate surface area is 104 Å². The molecular formula is C12H15ClF3N. The second-order valence-electron chi connectivity index (χ2n) is 4.03. The molecule has 0 bridgehead atoms. The number of rotatable bonds is 4. The van der Waals surface area contributed by atoms with Crippen molar-refractivity contribution in [3.63, 3.8) is 0 Å². The number of anilines is 1. The number of hydrogen-bond acceptors (Lipinski definition) is 1. The van der Waals surface area contributed by atoms with Crippen LogP contribution in [0.4, 0.5) is 18.9 Å². The van der Waals surface area contributed by atoms with Gasteiger partial charge in [-0.25, -0.2) is 0 Å². The maximum Gasteiger partial charge on any atom is 0.390 e. The Bertz CT molecular complexity index is 377. The summed E-state index contributed by atoms with van der Waals surface area (Å²) in [5, 5.41) is 0. The Balaban J connectivity index is 2.69. The van der Waals surface area contributed by atoms with Crippen LogP contribution in [0.3, 0.4) is 0 Å². The molecule has 1 rings (SSSR count). The lowest BCUT2D eigenvalue weighted by molar-refractivity contribution is -0.132. The van der Waals surface area contributed by atoms with E-state index in [9.17, 15) is 13.2 Å². The third kappa shape index (κ3) is 4.46. The molecule has 0 amide bonds. The Morgan fingerprint density at radius 2 is 1.94 bits per heavy atom. The maximum atomic E-state index is 12.1. The largest absolute Gasteiger partial charge is 0.390 e. The highest BCUT2D eigenvalue weighted by Crippen LogP contribution is 2.23. The van der Waals surface area contributed by atoms with Gasteiger partial charge in [-0.3, -0.25) is 0 Å². The van der Waals surface area contributed by atoms with Crippen LogP contribution >= 0.6 is 11.6 Å². The molecule has 96 valence electrons. The van der Waals surface area contributed by atoms with Crippen LogP contribution in [0.5, 0.6) is 0 Å². The van der Waals surface area contributed by atoms with E-state index in [0.717, 1.165) is 16.8 Å². The van der Waals surface area contributed by atoms with Crippen LogP contribution in [-0.4, -0.2) is 19.8 Å². The van der Waals surface area contributed by atoms with E-state index < -0.39 is 12.6 Å². The van der Waals surface area contributed by atoms with Gasteiger partial charge in [-0.1, -0.05) is 6.07 Å². The summed E-state index contributed by atoms with van der Waals surface area (Å²) >= 11 is 5.72. The molecule has 0 unspecified atom stereocenters. The van der Waals surface area contributed by atoms with Crippen LogP contribution in [0.2, 0.25) is 0 Å². The van der Waals surface area contributed by atoms with E-state index in [2.05, 4.69) is 0 Å². The van der Waals surface area contributed by atoms with Crippen molar-refractivity contribution in [1.82, 2.24) is 0 Å². The Hall–Kier alpha value is -0.900. The van der Waals surface area contributed by atoms with Gasteiger partial charge in [0, 0.05) is 25.2 Å². The molecule has 0 aromatic heterocycles. The molecule has 0 heterocycles. The van der Waals surface area contributed by atoms with Gasteiger partial charge in [-0.15, -0.1) is 11.6 Å². The van der Waals surface area contributed by atoms with Gasteiger partial charge in [0.05, 0.1) is 6.42 Å². The standard InChI is InChI=1S/C12H15ClF3N/c1-9-7-11(4-3-10(9)8-13)17(2)6-5-12(14,15)16/h3-4,7H,5-6,8H2,1-2H3. The van der Waals surface area contributed by atoms with Crippen molar-refractivity contribution in [2.75, 3.05) is 18.5 Å². The first-order valence-electron chi connectivity index (χ1n) is 5.27. The minimum Gasteiger partial charge on any atom is -0.374 e. The van der Waals surface area contributed by atoms with E-state index in [0.29, 0.717) is 5.88 Å². The monoisotopic (exact) mass is 265 g/mol. The average Bonchev–Trinajstić information content (AvgIpc) is 2.24. The normalized spacial score (nSPS) is 11.6. The number of hydrogen-bond donors (Lipinski definition) is 0. The molecule has 1 nitrogen and oxygen atoms in total. The second kappa shape index (κ2) is 5.63. The van der Waals surface area contributed by atoms with Crippen LogP contribution in [0.15, 0.2) is 18.2 Å². The van der Waals surface area contributed by atoms with Gasteiger partial charge in [0.25, 0.3) is 0 Å². The molecule has 0 N–H and O–H groups in total. The molecule has 1 aromatic rings. The predicted molar refractivity (Wildman–Crippen MR) is 64.7 cm³/mol. The van der Waals surface area contributed by atoms with Crippen molar-refractivity contribution < 1.29 is 13.2 Å². The van der Waals surface area contributed by atoms with E-state index in [1.807, 2.05) is 19.1 Å². The Morgan fingerprint density at radius 3 is 2.41 bits per heavy atom. The van der Waals surface area contributed by atoms with Gasteiger partial charge in [-0.2, -0.15) is 13.2 Å². The fraction of sp³-hybridized carbons (Fsp3) is 0.500. The molecule has 1 aromatic carbocycles. The molecule has 0 saturated heterocycles. The Morgan fingerprint density at radius 1 is 1.29 bits per heavy atom. The molecule has 0 atom stereocenters. The van der Waals surface area contributed by atoms with Crippen molar-refractivity contribution in [2.24, 2.45) is 0 Å². The summed E-state index contributed by atoms with van der Waals surface area (Å²) in [5.74, 6) is 0.415. The molecule has 0 radical (unpaired) electrons. The fourth-order valence-electron chi connectivity index (χ4n) is 1.49. The van der Waals surface area contributed by atoms with Gasteiger partial charge < -0.3 is 4.90 Å². The number of alkyl halides is 4. The fourth-order valence-corrected chi connectivity index (χ4v) is 1.79. The maximum absolute atomic E-state index is 12.1. The third-order valence-electron chi connectivity index (χ3n) is 2.64. The first-order chi connectivity index (χ1) is 7.83. The van der Waals surface area contributed by atoms with Crippen LogP contribution in [0.25, 0.3) is 0 Å². The summed E-state index contributed by atoms with van der Waals surface area (Å²) in [4.78, 5) is 1.60. The molecule has 0 aliphatic rings. The van der Waals surface area contributed by atoms with Crippen molar-refractivity contribution >= 4 is 17.3 Å². The highest BCUT2D eigenvalue weighted by atomic mass is 35.5. The SMILES string of the molecule is Cc1cc(N(C)CCC(F)(F)F)ccc1CCl. The summed E-state index contributed by atoms with van der Waals surface area (Å²) in [6, 6.07) is 5.50. The predicted octanol–water partition coefficient (Wildman–Crippen LogP) is 4.12. The summed E-state index contributed by atoms with van der Waals surface area (Å²) in [6.07, 6.45) is -4.92. The highest BCUT2D eigenvalue weighted by molar-refractivity contribution is 6.17. The van der Waals surface area contributed by atoms with Crippen LogP contribution in [0, 0.1) is 6.92 Å². The van der Waals surface area contributed by atoms with Gasteiger partial charge in [0.15, 0.2) is 0 Å². The van der Waals surface area contributed by atoms with Gasteiger partial charge in [0.1, 0.15) is 0 Å². The van der Waals surface area contributed by atoms with Crippen LogP contribution in [0.1, 0.15) is 17.5 Å². The summed E-state index contributed by atoms with van der Waals surface area (Å²) in [5.41, 5.74) is 2.77. The van der Waals surface area contributed by atoms with Gasteiger partial charge in [-0.05, 0) is 30.2 Å². The molecule has 17 heavy (non-hydrogen) atoms. The van der Waals surface area contributed by atoms with Crippen molar-refractivity contribution in [3.8, 4) is 0 Å². The van der Waals surface area contributed by atoms with E-state index in [4.69, 9.17) is 11.6 Å². The molecule has 0 fully saturated rings. The van der Waals surface area contributed by atoms with Crippen molar-refractivity contribution in [1.29, 1.82) is 0 Å². The van der Waals surface area contributed by atoms with Gasteiger partial charge >= 0.3 is 6.18 Å². The lowest BCUT2D eigenvalue weighted by Crippen LogP contribution is -2.24. The van der Waals surface area contributed by atoms with Crippen LogP contribution in [-0.2, 0) is 5.88 Å². The first-order valence-corrected chi connectivity index (χ1v) is 5.80. The lowest BCUT2D eigenvalue weighted by atomic mass is 10.1. The van der Waals surface area contributed by atoms with E-state index in [-0.39, 0.29) is 6.54 Å². The zero-order valence-corrected chi connectivity index (χ0v) is 10.6. The van der Waals surface area contributed by atoms with E-state index >= 15 is 0 Å². The van der Waals surface area contributed by atoms with E-state index in [1.165, 1.54) is 0 Å². The zero-order valence-electron chi connectivity index (χ0n) is 9.81. The summed E-state index contributed by atoms with van der Waals surface area (Å²) in [7, 11) is 1.65.